The van der Waals surface area contributed by atoms with Crippen molar-refractivity contribution < 1.29 is 9.90 Å². The van der Waals surface area contributed by atoms with E-state index >= 15 is 0 Å². The number of nitrogens with two attached hydrogens (primary N) is 1. The Morgan fingerprint density at radius 3 is 2.87 bits per heavy atom. The zero-order chi connectivity index (χ0) is 11.1. The van der Waals surface area contributed by atoms with Crippen LogP contribution in [0.1, 0.15) is 18.5 Å². The van der Waals surface area contributed by atoms with Crippen molar-refractivity contribution >= 4 is 5.97 Å². The molecule has 1 aromatic heterocycles. The monoisotopic (exact) mass is 209 g/mol. The number of hydrogen-bond acceptors (Lipinski definition) is 3. The predicted molar refractivity (Wildman–Crippen MR) is 54.2 cm³/mol. The van der Waals surface area contributed by atoms with Gasteiger partial charge in [-0.05, 0) is 31.7 Å². The first-order valence-corrected chi connectivity index (χ1v) is 5.05. The summed E-state index contributed by atoms with van der Waals surface area (Å²) in [5.74, 6) is -0.836. The minimum Gasteiger partial charge on any atom is -0.480 e. The van der Waals surface area contributed by atoms with E-state index in [0.29, 0.717) is 0 Å². The van der Waals surface area contributed by atoms with Crippen molar-refractivity contribution in [3.8, 4) is 0 Å². The molecule has 15 heavy (non-hydrogen) atoms. The van der Waals surface area contributed by atoms with Crippen molar-refractivity contribution in [2.24, 2.45) is 11.7 Å². The van der Waals surface area contributed by atoms with Crippen molar-refractivity contribution in [1.29, 1.82) is 0 Å². The van der Waals surface area contributed by atoms with Crippen LogP contribution in [0.25, 0.3) is 0 Å². The lowest BCUT2D eigenvalue weighted by molar-refractivity contribution is -0.145. The Morgan fingerprint density at radius 2 is 2.47 bits per heavy atom. The molecule has 1 aliphatic carbocycles. The standard InChI is InChI=1S/C10H15N3O2/c1-7-4-5-13(12-7)6-10(11,9(14)15)8-2-3-8/h4-5,8H,2-3,6,11H2,1H3,(H,14,15). The number of rotatable bonds is 4. The number of aryl methyl sites for hydroxylation is 1. The minimum absolute atomic E-state index is 0.0968. The van der Waals surface area contributed by atoms with Crippen molar-refractivity contribution in [1.82, 2.24) is 9.78 Å². The van der Waals surface area contributed by atoms with Crippen LogP contribution >= 0.6 is 0 Å². The van der Waals surface area contributed by atoms with E-state index in [1.54, 1.807) is 10.9 Å². The smallest absolute Gasteiger partial charge is 0.325 e. The molecule has 5 heteroatoms. The molecule has 1 saturated carbocycles. The van der Waals surface area contributed by atoms with Crippen LogP contribution < -0.4 is 5.73 Å². The molecule has 1 aromatic rings. The lowest BCUT2D eigenvalue weighted by atomic mass is 9.95. The molecule has 82 valence electrons. The Bertz CT molecular complexity index is 384. The molecule has 1 unspecified atom stereocenters. The Hall–Kier alpha value is -1.36. The predicted octanol–water partition coefficient (Wildman–Crippen LogP) is 0.384. The Morgan fingerprint density at radius 1 is 1.80 bits per heavy atom. The number of carbonyl (C=O) groups is 1. The number of carboxylic acids is 1. The molecule has 0 aliphatic heterocycles. The van der Waals surface area contributed by atoms with E-state index in [0.717, 1.165) is 18.5 Å². The van der Waals surface area contributed by atoms with Crippen LogP contribution in [0.3, 0.4) is 0 Å². The Kier molecular flexibility index (Phi) is 2.26. The molecule has 0 amide bonds. The molecular formula is C10H15N3O2. The summed E-state index contributed by atoms with van der Waals surface area (Å²) >= 11 is 0. The van der Waals surface area contributed by atoms with Gasteiger partial charge in [-0.1, -0.05) is 0 Å². The number of aromatic nitrogens is 2. The van der Waals surface area contributed by atoms with Crippen molar-refractivity contribution in [3.63, 3.8) is 0 Å². The summed E-state index contributed by atoms with van der Waals surface area (Å²) in [7, 11) is 0. The Labute approximate surface area is 87.9 Å². The van der Waals surface area contributed by atoms with Crippen LogP contribution in [0, 0.1) is 12.8 Å². The maximum atomic E-state index is 11.1. The van der Waals surface area contributed by atoms with Crippen molar-refractivity contribution in [3.05, 3.63) is 18.0 Å². The first-order valence-electron chi connectivity index (χ1n) is 5.05. The number of nitrogens with zero attached hydrogens (tertiary/aromatic N) is 2. The summed E-state index contributed by atoms with van der Waals surface area (Å²) in [5.41, 5.74) is 5.65. The summed E-state index contributed by atoms with van der Waals surface area (Å²) in [6.45, 7) is 2.12. The first kappa shape index (κ1) is 10.2. The van der Waals surface area contributed by atoms with Crippen LogP contribution in [0.5, 0.6) is 0 Å². The van der Waals surface area contributed by atoms with Crippen LogP contribution in [-0.2, 0) is 11.3 Å². The molecule has 1 atom stereocenters. The highest BCUT2D eigenvalue weighted by Gasteiger charge is 2.48. The van der Waals surface area contributed by atoms with Gasteiger partial charge in [-0.25, -0.2) is 0 Å². The molecular weight excluding hydrogens is 194 g/mol. The fourth-order valence-electron chi connectivity index (χ4n) is 1.79. The molecule has 3 N–H and O–H groups in total. The lowest BCUT2D eigenvalue weighted by Crippen LogP contribution is -2.53. The van der Waals surface area contributed by atoms with Crippen LogP contribution in [0.15, 0.2) is 12.3 Å². The molecule has 0 radical (unpaired) electrons. The number of hydrogen-bond donors (Lipinski definition) is 2. The second-order valence-electron chi connectivity index (χ2n) is 4.27. The SMILES string of the molecule is Cc1ccn(CC(N)(C(=O)O)C2CC2)n1. The van der Waals surface area contributed by atoms with Gasteiger partial charge in [0, 0.05) is 6.20 Å². The quantitative estimate of drug-likeness (QED) is 0.751. The molecule has 2 rings (SSSR count). The van der Waals surface area contributed by atoms with Gasteiger partial charge >= 0.3 is 5.97 Å². The van der Waals surface area contributed by atoms with Crippen LogP contribution in [0.2, 0.25) is 0 Å². The van der Waals surface area contributed by atoms with E-state index < -0.39 is 11.5 Å². The lowest BCUT2D eigenvalue weighted by Gasteiger charge is -2.24. The van der Waals surface area contributed by atoms with Gasteiger partial charge in [0.25, 0.3) is 0 Å². The van der Waals surface area contributed by atoms with Crippen LogP contribution in [0.4, 0.5) is 0 Å². The van der Waals surface area contributed by atoms with Gasteiger partial charge in [-0.3, -0.25) is 9.48 Å². The van der Waals surface area contributed by atoms with Crippen molar-refractivity contribution in [2.45, 2.75) is 31.8 Å². The summed E-state index contributed by atoms with van der Waals surface area (Å²) in [6, 6.07) is 1.84. The summed E-state index contributed by atoms with van der Waals surface area (Å²) in [6.07, 6.45) is 3.58. The normalized spacial score (nSPS) is 19.9. The molecule has 1 heterocycles. The molecule has 1 fully saturated rings. The molecule has 0 saturated heterocycles. The van der Waals surface area contributed by atoms with Crippen LogP contribution in [-0.4, -0.2) is 26.4 Å². The molecule has 1 aliphatic rings. The third-order valence-electron chi connectivity index (χ3n) is 2.90. The van der Waals surface area contributed by atoms with Gasteiger partial charge in [0.2, 0.25) is 0 Å². The maximum absolute atomic E-state index is 11.1. The highest BCUT2D eigenvalue weighted by atomic mass is 16.4. The Balaban J connectivity index is 2.16. The average Bonchev–Trinajstić information content (AvgIpc) is 2.92. The highest BCUT2D eigenvalue weighted by Crippen LogP contribution is 2.39. The fraction of sp³-hybridized carbons (Fsp3) is 0.600. The third kappa shape index (κ3) is 1.87. The summed E-state index contributed by atoms with van der Waals surface area (Å²) < 4.78 is 1.61. The second-order valence-corrected chi connectivity index (χ2v) is 4.27. The van der Waals surface area contributed by atoms with E-state index in [1.807, 2.05) is 13.0 Å². The largest absolute Gasteiger partial charge is 0.480 e. The van der Waals surface area contributed by atoms with E-state index in [1.165, 1.54) is 0 Å². The summed E-state index contributed by atoms with van der Waals surface area (Å²) in [4.78, 5) is 11.1. The fourth-order valence-corrected chi connectivity index (χ4v) is 1.79. The second kappa shape index (κ2) is 3.34. The topological polar surface area (TPSA) is 81.1 Å². The third-order valence-corrected chi connectivity index (χ3v) is 2.90. The zero-order valence-electron chi connectivity index (χ0n) is 8.68. The van der Waals surface area contributed by atoms with Gasteiger partial charge in [-0.2, -0.15) is 5.10 Å². The maximum Gasteiger partial charge on any atom is 0.325 e. The zero-order valence-corrected chi connectivity index (χ0v) is 8.68. The number of aliphatic carboxylic acids is 1. The average molecular weight is 209 g/mol. The summed E-state index contributed by atoms with van der Waals surface area (Å²) in [5, 5.41) is 13.3. The molecule has 0 bridgehead atoms. The molecule has 0 spiro atoms. The first-order chi connectivity index (χ1) is 7.02. The van der Waals surface area contributed by atoms with E-state index in [2.05, 4.69) is 5.10 Å². The van der Waals surface area contributed by atoms with E-state index in [-0.39, 0.29) is 12.5 Å². The van der Waals surface area contributed by atoms with E-state index in [9.17, 15) is 4.79 Å². The van der Waals surface area contributed by atoms with Gasteiger partial charge in [0.05, 0.1) is 12.2 Å². The minimum atomic E-state index is -1.15. The number of carboxylic acid groups (broad SMARTS) is 1. The van der Waals surface area contributed by atoms with Gasteiger partial charge in [0.15, 0.2) is 0 Å². The molecule has 5 nitrogen and oxygen atoms in total. The van der Waals surface area contributed by atoms with Gasteiger partial charge < -0.3 is 10.8 Å². The van der Waals surface area contributed by atoms with Gasteiger partial charge in [0.1, 0.15) is 5.54 Å². The van der Waals surface area contributed by atoms with Gasteiger partial charge in [-0.15, -0.1) is 0 Å². The molecule has 0 aromatic carbocycles. The highest BCUT2D eigenvalue weighted by molar-refractivity contribution is 5.79. The van der Waals surface area contributed by atoms with Crippen molar-refractivity contribution in [2.75, 3.05) is 0 Å². The van der Waals surface area contributed by atoms with E-state index in [4.69, 9.17) is 10.8 Å².